The van der Waals surface area contributed by atoms with Crippen LogP contribution in [0.25, 0.3) is 0 Å². The first-order valence-corrected chi connectivity index (χ1v) is 7.73. The molecule has 8 nitrogen and oxygen atoms in total. The molecule has 0 aliphatic rings. The van der Waals surface area contributed by atoms with Crippen molar-refractivity contribution < 1.29 is 24.0 Å². The molecule has 0 bridgehead atoms. The molecule has 136 valence electrons. The first kappa shape index (κ1) is 18.9. The van der Waals surface area contributed by atoms with E-state index in [1.54, 1.807) is 31.2 Å². The minimum atomic E-state index is -1.11. The van der Waals surface area contributed by atoms with Gasteiger partial charge < -0.3 is 14.8 Å². The minimum absolute atomic E-state index is 0.116. The Kier molecular flexibility index (Phi) is 5.90. The molecule has 0 unspecified atom stereocenters. The Balaban J connectivity index is 2.12. The highest BCUT2D eigenvalue weighted by atomic mass is 16.6. The fourth-order valence-corrected chi connectivity index (χ4v) is 2.22. The highest BCUT2D eigenvalue weighted by molar-refractivity contribution is 5.98. The Morgan fingerprint density at radius 1 is 1.19 bits per heavy atom. The van der Waals surface area contributed by atoms with E-state index in [2.05, 4.69) is 5.32 Å². The van der Waals surface area contributed by atoms with Crippen molar-refractivity contribution in [3.63, 3.8) is 0 Å². The number of ether oxygens (including phenoxy) is 2. The normalized spacial score (nSPS) is 11.3. The molecule has 26 heavy (non-hydrogen) atoms. The number of esters is 1. The smallest absolute Gasteiger partial charge is 0.339 e. The number of non-ortho nitro benzene ring substituents is 1. The summed E-state index contributed by atoms with van der Waals surface area (Å²) in [6, 6.07) is 10.7. The van der Waals surface area contributed by atoms with Gasteiger partial charge in [0, 0.05) is 12.1 Å². The van der Waals surface area contributed by atoms with Crippen molar-refractivity contribution in [2.24, 2.45) is 0 Å². The van der Waals surface area contributed by atoms with Gasteiger partial charge >= 0.3 is 5.97 Å². The van der Waals surface area contributed by atoms with E-state index in [4.69, 9.17) is 9.47 Å². The molecular weight excluding hydrogens is 340 g/mol. The van der Waals surface area contributed by atoms with E-state index in [0.717, 1.165) is 5.56 Å². The standard InChI is InChI=1S/C18H18N2O6/c1-11-6-4-5-7-14(11)18(22)26-12(2)17(21)19-15-10-13(20(23)24)8-9-16(15)25-3/h4-10,12H,1-3H3,(H,19,21)/t12-/m0/s1. The number of nitro benzene ring substituents is 1. The predicted octanol–water partition coefficient (Wildman–Crippen LogP) is 3.10. The summed E-state index contributed by atoms with van der Waals surface area (Å²) in [7, 11) is 1.37. The SMILES string of the molecule is COc1ccc([N+](=O)[O-])cc1NC(=O)[C@H](C)OC(=O)c1ccccc1C. The topological polar surface area (TPSA) is 108 Å². The maximum atomic E-state index is 12.3. The first-order chi connectivity index (χ1) is 12.3. The number of benzene rings is 2. The largest absolute Gasteiger partial charge is 0.495 e. The van der Waals surface area contributed by atoms with E-state index >= 15 is 0 Å². The second kappa shape index (κ2) is 8.11. The molecule has 0 heterocycles. The number of amides is 1. The molecule has 0 spiro atoms. The maximum Gasteiger partial charge on any atom is 0.339 e. The van der Waals surface area contributed by atoms with Crippen LogP contribution in [0, 0.1) is 17.0 Å². The molecule has 0 saturated heterocycles. The number of carbonyl (C=O) groups excluding carboxylic acids is 2. The summed E-state index contributed by atoms with van der Waals surface area (Å²) in [6.45, 7) is 3.17. The number of nitro groups is 1. The van der Waals surface area contributed by atoms with Crippen LogP contribution in [0.2, 0.25) is 0 Å². The summed E-state index contributed by atoms with van der Waals surface area (Å²) < 4.78 is 10.3. The molecule has 1 atom stereocenters. The molecule has 0 aromatic heterocycles. The molecule has 2 aromatic carbocycles. The number of rotatable bonds is 6. The van der Waals surface area contributed by atoms with E-state index in [9.17, 15) is 19.7 Å². The molecule has 1 amide bonds. The molecule has 1 N–H and O–H groups in total. The van der Waals surface area contributed by atoms with Gasteiger partial charge in [-0.05, 0) is 31.5 Å². The number of aryl methyl sites for hydroxylation is 1. The van der Waals surface area contributed by atoms with E-state index in [1.807, 2.05) is 0 Å². The molecule has 0 aliphatic heterocycles. The Morgan fingerprint density at radius 3 is 2.50 bits per heavy atom. The van der Waals surface area contributed by atoms with Crippen molar-refractivity contribution in [2.45, 2.75) is 20.0 Å². The Labute approximate surface area is 149 Å². The molecule has 2 aromatic rings. The lowest BCUT2D eigenvalue weighted by molar-refractivity contribution is -0.384. The monoisotopic (exact) mass is 358 g/mol. The van der Waals surface area contributed by atoms with Crippen molar-refractivity contribution in [3.8, 4) is 5.75 Å². The number of methoxy groups -OCH3 is 1. The second-order valence-electron chi connectivity index (χ2n) is 5.49. The third-order valence-electron chi connectivity index (χ3n) is 3.67. The summed E-state index contributed by atoms with van der Waals surface area (Å²) in [5, 5.41) is 13.4. The van der Waals surface area contributed by atoms with Crippen molar-refractivity contribution in [1.82, 2.24) is 0 Å². The van der Waals surface area contributed by atoms with Crippen LogP contribution in [0.15, 0.2) is 42.5 Å². The highest BCUT2D eigenvalue weighted by Gasteiger charge is 2.22. The van der Waals surface area contributed by atoms with Crippen LogP contribution in [0.1, 0.15) is 22.8 Å². The summed E-state index contributed by atoms with van der Waals surface area (Å²) in [4.78, 5) is 34.8. The van der Waals surface area contributed by atoms with E-state index in [1.165, 1.54) is 32.2 Å². The Bertz CT molecular complexity index is 849. The van der Waals surface area contributed by atoms with Gasteiger partial charge in [-0.1, -0.05) is 18.2 Å². The van der Waals surface area contributed by atoms with Gasteiger partial charge in [0.1, 0.15) is 5.75 Å². The zero-order valence-corrected chi connectivity index (χ0v) is 14.5. The van der Waals surface area contributed by atoms with Gasteiger partial charge in [0.2, 0.25) is 0 Å². The summed E-state index contributed by atoms with van der Waals surface area (Å²) in [6.07, 6.45) is -1.11. The summed E-state index contributed by atoms with van der Waals surface area (Å²) in [5.74, 6) is -1.01. The van der Waals surface area contributed by atoms with E-state index < -0.39 is 22.9 Å². The van der Waals surface area contributed by atoms with Crippen LogP contribution >= 0.6 is 0 Å². The van der Waals surface area contributed by atoms with Gasteiger partial charge in [-0.3, -0.25) is 14.9 Å². The van der Waals surface area contributed by atoms with Gasteiger partial charge in [0.05, 0.1) is 23.3 Å². The number of hydrogen-bond donors (Lipinski definition) is 1. The highest BCUT2D eigenvalue weighted by Crippen LogP contribution is 2.29. The third-order valence-corrected chi connectivity index (χ3v) is 3.67. The fourth-order valence-electron chi connectivity index (χ4n) is 2.22. The van der Waals surface area contributed by atoms with E-state index in [0.29, 0.717) is 5.56 Å². The van der Waals surface area contributed by atoms with Crippen molar-refractivity contribution in [3.05, 3.63) is 63.7 Å². The van der Waals surface area contributed by atoms with Crippen LogP contribution < -0.4 is 10.1 Å². The molecule has 0 aliphatic carbocycles. The van der Waals surface area contributed by atoms with Crippen molar-refractivity contribution in [2.75, 3.05) is 12.4 Å². The molecule has 2 rings (SSSR count). The Hall–Kier alpha value is -3.42. The minimum Gasteiger partial charge on any atom is -0.495 e. The molecule has 8 heteroatoms. The van der Waals surface area contributed by atoms with Crippen LogP contribution in [-0.4, -0.2) is 30.0 Å². The lowest BCUT2D eigenvalue weighted by Gasteiger charge is -2.15. The Morgan fingerprint density at radius 2 is 1.88 bits per heavy atom. The van der Waals surface area contributed by atoms with Crippen LogP contribution in [-0.2, 0) is 9.53 Å². The summed E-state index contributed by atoms with van der Waals surface area (Å²) in [5.41, 5.74) is 1.00. The summed E-state index contributed by atoms with van der Waals surface area (Å²) >= 11 is 0. The second-order valence-corrected chi connectivity index (χ2v) is 5.49. The average molecular weight is 358 g/mol. The third kappa shape index (κ3) is 4.35. The van der Waals surface area contributed by atoms with Gasteiger partial charge in [-0.2, -0.15) is 0 Å². The average Bonchev–Trinajstić information content (AvgIpc) is 2.61. The lowest BCUT2D eigenvalue weighted by Crippen LogP contribution is -2.30. The molecule has 0 saturated carbocycles. The van der Waals surface area contributed by atoms with Crippen LogP contribution in [0.3, 0.4) is 0 Å². The zero-order chi connectivity index (χ0) is 19.3. The quantitative estimate of drug-likeness (QED) is 0.483. The van der Waals surface area contributed by atoms with Gasteiger partial charge in [0.25, 0.3) is 11.6 Å². The fraction of sp³-hybridized carbons (Fsp3) is 0.222. The predicted molar refractivity (Wildman–Crippen MR) is 94.3 cm³/mol. The molecule has 0 fully saturated rings. The number of nitrogens with zero attached hydrogens (tertiary/aromatic N) is 1. The first-order valence-electron chi connectivity index (χ1n) is 7.73. The van der Waals surface area contributed by atoms with Gasteiger partial charge in [-0.15, -0.1) is 0 Å². The number of nitrogens with one attached hydrogen (secondary N) is 1. The number of anilines is 1. The maximum absolute atomic E-state index is 12.3. The molecule has 0 radical (unpaired) electrons. The van der Waals surface area contributed by atoms with Gasteiger partial charge in [-0.25, -0.2) is 4.79 Å². The van der Waals surface area contributed by atoms with E-state index in [-0.39, 0.29) is 17.1 Å². The van der Waals surface area contributed by atoms with Crippen LogP contribution in [0.5, 0.6) is 5.75 Å². The number of hydrogen-bond acceptors (Lipinski definition) is 6. The number of carbonyl (C=O) groups is 2. The molecular formula is C18H18N2O6. The van der Waals surface area contributed by atoms with Crippen LogP contribution in [0.4, 0.5) is 11.4 Å². The van der Waals surface area contributed by atoms with Crippen molar-refractivity contribution in [1.29, 1.82) is 0 Å². The van der Waals surface area contributed by atoms with Gasteiger partial charge in [0.15, 0.2) is 6.10 Å². The van der Waals surface area contributed by atoms with Crippen molar-refractivity contribution >= 4 is 23.3 Å². The zero-order valence-electron chi connectivity index (χ0n) is 14.5. The lowest BCUT2D eigenvalue weighted by atomic mass is 10.1.